The van der Waals surface area contributed by atoms with Gasteiger partial charge in [0.2, 0.25) is 11.0 Å². The number of hydrogen-bond donors (Lipinski definition) is 0. The van der Waals surface area contributed by atoms with Gasteiger partial charge in [0, 0.05) is 37.7 Å². The number of nitrogens with zero attached hydrogens (tertiary/aromatic N) is 5. The van der Waals surface area contributed by atoms with E-state index < -0.39 is 0 Å². The predicted octanol–water partition coefficient (Wildman–Crippen LogP) is 1.37. The molecule has 6 nitrogen and oxygen atoms in total. The van der Waals surface area contributed by atoms with Gasteiger partial charge >= 0.3 is 0 Å². The number of hydrogen-bond acceptors (Lipinski definition) is 6. The van der Waals surface area contributed by atoms with Crippen molar-refractivity contribution >= 4 is 22.6 Å². The van der Waals surface area contributed by atoms with E-state index in [1.807, 2.05) is 6.92 Å². The molecule has 0 N–H and O–H groups in total. The lowest BCUT2D eigenvalue weighted by Crippen LogP contribution is -2.55. The summed E-state index contributed by atoms with van der Waals surface area (Å²) in [6.45, 7) is 7.52. The maximum atomic E-state index is 13.1. The first kappa shape index (κ1) is 15.3. The van der Waals surface area contributed by atoms with Crippen LogP contribution in [0.5, 0.6) is 0 Å². The second-order valence-corrected chi connectivity index (χ2v) is 7.69. The fourth-order valence-corrected chi connectivity index (χ4v) is 4.53. The standard InChI is InChI=1S/C16H25N5OS/c1-12-17-16(23-18-12)21-10-8-20(9-11-21)15(22)14(13-4-5-13)19-6-2-3-7-19/h13-14H,2-11H2,1H3/t14-/m1/s1. The lowest BCUT2D eigenvalue weighted by Gasteiger charge is -2.38. The Morgan fingerprint density at radius 1 is 1.13 bits per heavy atom. The number of anilines is 1. The van der Waals surface area contributed by atoms with Gasteiger partial charge in [-0.3, -0.25) is 9.69 Å². The number of carbonyl (C=O) groups excluding carboxylic acids is 1. The van der Waals surface area contributed by atoms with E-state index in [0.717, 1.165) is 50.2 Å². The van der Waals surface area contributed by atoms with Crippen LogP contribution in [0.25, 0.3) is 0 Å². The molecule has 0 radical (unpaired) electrons. The minimum absolute atomic E-state index is 0.160. The Balaban J connectivity index is 1.38. The Kier molecular flexibility index (Phi) is 4.24. The minimum atomic E-state index is 0.160. The van der Waals surface area contributed by atoms with Gasteiger partial charge in [0.1, 0.15) is 5.82 Å². The molecule has 0 aromatic carbocycles. The highest BCUT2D eigenvalue weighted by Gasteiger charge is 2.43. The van der Waals surface area contributed by atoms with Gasteiger partial charge in [-0.05, 0) is 51.6 Å². The molecule has 7 heteroatoms. The zero-order valence-electron chi connectivity index (χ0n) is 13.8. The Bertz CT molecular complexity index is 559. The van der Waals surface area contributed by atoms with Crippen LogP contribution in [0, 0.1) is 12.8 Å². The quantitative estimate of drug-likeness (QED) is 0.832. The van der Waals surface area contributed by atoms with E-state index in [-0.39, 0.29) is 6.04 Å². The molecule has 1 saturated carbocycles. The van der Waals surface area contributed by atoms with Crippen LogP contribution in [0.4, 0.5) is 5.13 Å². The fraction of sp³-hybridized carbons (Fsp3) is 0.812. The van der Waals surface area contributed by atoms with E-state index in [1.54, 1.807) is 0 Å². The van der Waals surface area contributed by atoms with Crippen molar-refractivity contribution in [1.29, 1.82) is 0 Å². The molecule has 3 aliphatic rings. The monoisotopic (exact) mass is 335 g/mol. The number of likely N-dealkylation sites (tertiary alicyclic amines) is 1. The van der Waals surface area contributed by atoms with Gasteiger partial charge in [0.15, 0.2) is 0 Å². The van der Waals surface area contributed by atoms with Crippen molar-refractivity contribution in [3.63, 3.8) is 0 Å². The van der Waals surface area contributed by atoms with Gasteiger partial charge in [0.25, 0.3) is 0 Å². The Labute approximate surface area is 141 Å². The molecule has 126 valence electrons. The number of piperazine rings is 1. The van der Waals surface area contributed by atoms with Gasteiger partial charge in [-0.1, -0.05) is 0 Å². The molecule has 2 saturated heterocycles. The average Bonchev–Trinajstić information content (AvgIpc) is 3.07. The van der Waals surface area contributed by atoms with Crippen molar-refractivity contribution in [2.24, 2.45) is 5.92 Å². The van der Waals surface area contributed by atoms with E-state index in [9.17, 15) is 4.79 Å². The molecule has 0 spiro atoms. The summed E-state index contributed by atoms with van der Waals surface area (Å²) in [5.74, 6) is 1.83. The highest BCUT2D eigenvalue weighted by atomic mass is 32.1. The van der Waals surface area contributed by atoms with E-state index >= 15 is 0 Å². The molecule has 1 amide bonds. The van der Waals surface area contributed by atoms with Gasteiger partial charge < -0.3 is 9.80 Å². The first-order valence-electron chi connectivity index (χ1n) is 8.80. The highest BCUT2D eigenvalue weighted by Crippen LogP contribution is 2.37. The molecule has 0 unspecified atom stereocenters. The summed E-state index contributed by atoms with van der Waals surface area (Å²) in [4.78, 5) is 24.3. The fourth-order valence-electron chi connectivity index (χ4n) is 3.81. The second-order valence-electron chi connectivity index (χ2n) is 6.96. The summed E-state index contributed by atoms with van der Waals surface area (Å²) in [7, 11) is 0. The van der Waals surface area contributed by atoms with Crippen molar-refractivity contribution in [2.75, 3.05) is 44.2 Å². The molecule has 23 heavy (non-hydrogen) atoms. The lowest BCUT2D eigenvalue weighted by molar-refractivity contribution is -0.137. The first-order valence-corrected chi connectivity index (χ1v) is 9.58. The second kappa shape index (κ2) is 6.36. The van der Waals surface area contributed by atoms with E-state index in [0.29, 0.717) is 11.8 Å². The molecule has 3 heterocycles. The predicted molar refractivity (Wildman–Crippen MR) is 90.8 cm³/mol. The van der Waals surface area contributed by atoms with Crippen molar-refractivity contribution in [3.8, 4) is 0 Å². The molecule has 1 atom stereocenters. The first-order chi connectivity index (χ1) is 11.2. The van der Waals surface area contributed by atoms with Crippen LogP contribution in [0.3, 0.4) is 0 Å². The smallest absolute Gasteiger partial charge is 0.240 e. The van der Waals surface area contributed by atoms with E-state index in [1.165, 1.54) is 37.2 Å². The zero-order chi connectivity index (χ0) is 15.8. The molecular weight excluding hydrogens is 310 g/mol. The number of aryl methyl sites for hydroxylation is 1. The Morgan fingerprint density at radius 2 is 1.83 bits per heavy atom. The number of amides is 1. The van der Waals surface area contributed by atoms with Crippen LogP contribution in [0.15, 0.2) is 0 Å². The van der Waals surface area contributed by atoms with Crippen molar-refractivity contribution in [1.82, 2.24) is 19.2 Å². The van der Waals surface area contributed by atoms with Gasteiger partial charge in [-0.2, -0.15) is 4.37 Å². The van der Waals surface area contributed by atoms with Crippen LogP contribution >= 0.6 is 11.5 Å². The van der Waals surface area contributed by atoms with Crippen LogP contribution in [-0.2, 0) is 4.79 Å². The van der Waals surface area contributed by atoms with Crippen molar-refractivity contribution < 1.29 is 4.79 Å². The molecule has 1 aromatic rings. The molecule has 4 rings (SSSR count). The van der Waals surface area contributed by atoms with Crippen molar-refractivity contribution in [3.05, 3.63) is 5.82 Å². The molecule has 3 fully saturated rings. The number of carbonyl (C=O) groups is 1. The lowest BCUT2D eigenvalue weighted by atomic mass is 10.1. The van der Waals surface area contributed by atoms with Gasteiger partial charge in [0.05, 0.1) is 6.04 Å². The molecule has 1 aliphatic carbocycles. The van der Waals surface area contributed by atoms with Gasteiger partial charge in [-0.15, -0.1) is 0 Å². The average molecular weight is 335 g/mol. The maximum absolute atomic E-state index is 13.1. The van der Waals surface area contributed by atoms with Crippen LogP contribution in [-0.4, -0.2) is 70.4 Å². The van der Waals surface area contributed by atoms with E-state index in [4.69, 9.17) is 0 Å². The molecule has 2 aliphatic heterocycles. The Hall–Kier alpha value is -1.21. The zero-order valence-corrected chi connectivity index (χ0v) is 14.6. The summed E-state index contributed by atoms with van der Waals surface area (Å²) < 4.78 is 4.26. The maximum Gasteiger partial charge on any atom is 0.240 e. The summed E-state index contributed by atoms with van der Waals surface area (Å²) in [5, 5.41) is 0.993. The molecule has 1 aromatic heterocycles. The summed E-state index contributed by atoms with van der Waals surface area (Å²) in [6.07, 6.45) is 4.97. The largest absolute Gasteiger partial charge is 0.343 e. The van der Waals surface area contributed by atoms with Crippen LogP contribution < -0.4 is 4.90 Å². The highest BCUT2D eigenvalue weighted by molar-refractivity contribution is 7.09. The third kappa shape index (κ3) is 3.21. The van der Waals surface area contributed by atoms with E-state index in [2.05, 4.69) is 24.1 Å². The van der Waals surface area contributed by atoms with Crippen molar-refractivity contribution in [2.45, 2.75) is 38.6 Å². The Morgan fingerprint density at radius 3 is 2.39 bits per heavy atom. The third-order valence-electron chi connectivity index (χ3n) is 5.23. The minimum Gasteiger partial charge on any atom is -0.343 e. The summed E-state index contributed by atoms with van der Waals surface area (Å²) >= 11 is 1.46. The van der Waals surface area contributed by atoms with Crippen LogP contribution in [0.2, 0.25) is 0 Å². The number of rotatable bonds is 4. The molecule has 0 bridgehead atoms. The summed E-state index contributed by atoms with van der Waals surface area (Å²) in [6, 6.07) is 0.160. The topological polar surface area (TPSA) is 52.6 Å². The summed E-state index contributed by atoms with van der Waals surface area (Å²) in [5.41, 5.74) is 0. The van der Waals surface area contributed by atoms with Gasteiger partial charge in [-0.25, -0.2) is 4.98 Å². The molecular formula is C16H25N5OS. The SMILES string of the molecule is Cc1nsc(N2CCN(C(=O)[C@@H](C3CC3)N3CCCC3)CC2)n1. The number of aromatic nitrogens is 2. The normalized spacial score (nSPS) is 24.2. The van der Waals surface area contributed by atoms with Crippen LogP contribution in [0.1, 0.15) is 31.5 Å². The third-order valence-corrected chi connectivity index (χ3v) is 6.10.